The Labute approximate surface area is 126 Å². The van der Waals surface area contributed by atoms with Crippen LogP contribution in [0.25, 0.3) is 0 Å². The Morgan fingerprint density at radius 1 is 1.52 bits per heavy atom. The molecular weight excluding hydrogens is 264 g/mol. The molecule has 3 atom stereocenters. The van der Waals surface area contributed by atoms with Crippen LogP contribution in [0, 0.1) is 18.3 Å². The molecule has 1 heterocycles. The van der Waals surface area contributed by atoms with Crippen molar-refractivity contribution < 1.29 is 13.9 Å². The van der Waals surface area contributed by atoms with Gasteiger partial charge in [-0.2, -0.15) is 0 Å². The highest BCUT2D eigenvalue weighted by Gasteiger charge is 2.51. The van der Waals surface area contributed by atoms with Crippen molar-refractivity contribution in [3.05, 3.63) is 34.8 Å². The Balaban J connectivity index is 2.13. The zero-order valence-electron chi connectivity index (χ0n) is 13.4. The summed E-state index contributed by atoms with van der Waals surface area (Å²) in [7, 11) is 0. The number of furan rings is 1. The van der Waals surface area contributed by atoms with E-state index in [1.807, 2.05) is 13.8 Å². The number of aryl methyl sites for hydroxylation is 1. The lowest BCUT2D eigenvalue weighted by atomic mass is 9.58. The summed E-state index contributed by atoms with van der Waals surface area (Å²) in [6.07, 6.45) is 7.42. The van der Waals surface area contributed by atoms with Gasteiger partial charge in [-0.15, -0.1) is 0 Å². The van der Waals surface area contributed by atoms with Gasteiger partial charge in [0.25, 0.3) is 0 Å². The van der Waals surface area contributed by atoms with E-state index in [9.17, 15) is 4.79 Å². The van der Waals surface area contributed by atoms with Gasteiger partial charge in [0.05, 0.1) is 6.26 Å². The van der Waals surface area contributed by atoms with Crippen molar-refractivity contribution in [2.45, 2.75) is 59.5 Å². The van der Waals surface area contributed by atoms with Crippen LogP contribution >= 0.6 is 0 Å². The van der Waals surface area contributed by atoms with Gasteiger partial charge in [-0.1, -0.05) is 32.4 Å². The maximum absolute atomic E-state index is 12.0. The third-order valence-corrected chi connectivity index (χ3v) is 5.51. The molecule has 0 unspecified atom stereocenters. The molecule has 0 spiro atoms. The second-order valence-electron chi connectivity index (χ2n) is 6.65. The Morgan fingerprint density at radius 3 is 3.00 bits per heavy atom. The molecule has 0 saturated carbocycles. The fourth-order valence-corrected chi connectivity index (χ4v) is 3.90. The van der Waals surface area contributed by atoms with E-state index in [2.05, 4.69) is 19.9 Å². The Morgan fingerprint density at radius 2 is 2.29 bits per heavy atom. The smallest absolute Gasteiger partial charge is 0.306 e. The lowest BCUT2D eigenvalue weighted by Crippen LogP contribution is -2.42. The van der Waals surface area contributed by atoms with E-state index >= 15 is 0 Å². The number of allylic oxidation sites excluding steroid dienone is 1. The monoisotopic (exact) mass is 288 g/mol. The maximum Gasteiger partial charge on any atom is 0.306 e. The molecule has 3 rings (SSSR count). The van der Waals surface area contributed by atoms with E-state index in [0.717, 1.165) is 36.1 Å². The quantitative estimate of drug-likeness (QED) is 0.594. The summed E-state index contributed by atoms with van der Waals surface area (Å²) in [5.74, 6) is 1.33. The van der Waals surface area contributed by atoms with Crippen molar-refractivity contribution >= 4 is 5.97 Å². The van der Waals surface area contributed by atoms with Crippen molar-refractivity contribution in [1.29, 1.82) is 0 Å². The molecule has 0 bridgehead atoms. The van der Waals surface area contributed by atoms with Crippen LogP contribution in [0.1, 0.15) is 63.0 Å². The van der Waals surface area contributed by atoms with Gasteiger partial charge in [0.1, 0.15) is 11.9 Å². The fourth-order valence-electron chi connectivity index (χ4n) is 3.90. The standard InChI is InChI=1S/C18H24O3/c1-5-15(19)21-17-16-11(2)10-20-14(16)9-13-8-6-7-12(3)18(13,17)4/h8,10,12,17H,5-7,9H2,1-4H3/t12-,17+,18+/m0/s1. The van der Waals surface area contributed by atoms with Gasteiger partial charge in [0, 0.05) is 23.8 Å². The van der Waals surface area contributed by atoms with Crippen LogP contribution in [0.15, 0.2) is 22.3 Å². The summed E-state index contributed by atoms with van der Waals surface area (Å²) in [6.45, 7) is 8.42. The van der Waals surface area contributed by atoms with Gasteiger partial charge in [-0.3, -0.25) is 4.79 Å². The maximum atomic E-state index is 12.0. The molecule has 3 nitrogen and oxygen atoms in total. The van der Waals surface area contributed by atoms with E-state index < -0.39 is 0 Å². The molecule has 21 heavy (non-hydrogen) atoms. The SMILES string of the molecule is CCC(=O)O[C@@H]1c2c(C)coc2CC2=CCC[C@H](C)[C@]21C. The average Bonchev–Trinajstić information content (AvgIpc) is 2.82. The van der Waals surface area contributed by atoms with Gasteiger partial charge in [0.15, 0.2) is 0 Å². The van der Waals surface area contributed by atoms with Crippen LogP contribution in [-0.2, 0) is 16.0 Å². The highest BCUT2D eigenvalue weighted by molar-refractivity contribution is 5.69. The number of hydrogen-bond acceptors (Lipinski definition) is 3. The molecule has 1 aromatic rings. The van der Waals surface area contributed by atoms with Crippen LogP contribution in [0.5, 0.6) is 0 Å². The summed E-state index contributed by atoms with van der Waals surface area (Å²) in [6, 6.07) is 0. The molecular formula is C18H24O3. The summed E-state index contributed by atoms with van der Waals surface area (Å²) in [5, 5.41) is 0. The topological polar surface area (TPSA) is 39.4 Å². The molecule has 1 aromatic heterocycles. The fraction of sp³-hybridized carbons (Fsp3) is 0.611. The molecule has 0 amide bonds. The zero-order chi connectivity index (χ0) is 15.2. The van der Waals surface area contributed by atoms with Gasteiger partial charge < -0.3 is 9.15 Å². The first-order valence-electron chi connectivity index (χ1n) is 7.94. The van der Waals surface area contributed by atoms with Gasteiger partial charge in [-0.25, -0.2) is 0 Å². The molecule has 2 aliphatic rings. The molecule has 0 N–H and O–H groups in total. The summed E-state index contributed by atoms with van der Waals surface area (Å²) in [5.41, 5.74) is 3.46. The first kappa shape index (κ1) is 14.4. The number of rotatable bonds is 2. The average molecular weight is 288 g/mol. The highest BCUT2D eigenvalue weighted by atomic mass is 16.5. The Hall–Kier alpha value is -1.51. The van der Waals surface area contributed by atoms with Crippen molar-refractivity contribution in [3.8, 4) is 0 Å². The normalized spacial score (nSPS) is 31.1. The van der Waals surface area contributed by atoms with Crippen molar-refractivity contribution in [1.82, 2.24) is 0 Å². The molecule has 0 aliphatic heterocycles. The summed E-state index contributed by atoms with van der Waals surface area (Å²) >= 11 is 0. The van der Waals surface area contributed by atoms with E-state index in [4.69, 9.17) is 9.15 Å². The number of carbonyl (C=O) groups is 1. The van der Waals surface area contributed by atoms with Crippen molar-refractivity contribution in [3.63, 3.8) is 0 Å². The van der Waals surface area contributed by atoms with Crippen LogP contribution in [0.4, 0.5) is 0 Å². The lowest BCUT2D eigenvalue weighted by molar-refractivity contribution is -0.158. The van der Waals surface area contributed by atoms with Crippen LogP contribution in [0.3, 0.4) is 0 Å². The molecule has 0 fully saturated rings. The molecule has 2 aliphatic carbocycles. The van der Waals surface area contributed by atoms with Gasteiger partial charge in [-0.05, 0) is 31.2 Å². The lowest BCUT2D eigenvalue weighted by Gasteiger charge is -2.48. The largest absolute Gasteiger partial charge is 0.468 e. The van der Waals surface area contributed by atoms with E-state index in [0.29, 0.717) is 12.3 Å². The van der Waals surface area contributed by atoms with Gasteiger partial charge in [0.2, 0.25) is 0 Å². The summed E-state index contributed by atoms with van der Waals surface area (Å²) < 4.78 is 11.6. The molecule has 0 radical (unpaired) electrons. The van der Waals surface area contributed by atoms with Crippen LogP contribution in [0.2, 0.25) is 0 Å². The predicted molar refractivity (Wildman–Crippen MR) is 80.9 cm³/mol. The van der Waals surface area contributed by atoms with E-state index in [1.54, 1.807) is 6.26 Å². The van der Waals surface area contributed by atoms with Crippen molar-refractivity contribution in [2.75, 3.05) is 0 Å². The number of esters is 1. The number of ether oxygens (including phenoxy) is 1. The third kappa shape index (κ3) is 2.05. The van der Waals surface area contributed by atoms with Crippen LogP contribution in [-0.4, -0.2) is 5.97 Å². The Kier molecular flexibility index (Phi) is 3.46. The highest BCUT2D eigenvalue weighted by Crippen LogP contribution is 2.57. The second kappa shape index (κ2) is 5.04. The minimum Gasteiger partial charge on any atom is -0.468 e. The molecule has 3 heteroatoms. The number of fused-ring (bicyclic) bond motifs is 2. The molecule has 0 saturated heterocycles. The van der Waals surface area contributed by atoms with Crippen molar-refractivity contribution in [2.24, 2.45) is 11.3 Å². The predicted octanol–water partition coefficient (Wildman–Crippen LogP) is 4.50. The minimum atomic E-state index is -0.214. The second-order valence-corrected chi connectivity index (χ2v) is 6.65. The van der Waals surface area contributed by atoms with E-state index in [1.165, 1.54) is 5.57 Å². The molecule has 114 valence electrons. The first-order chi connectivity index (χ1) is 9.98. The van der Waals surface area contributed by atoms with Crippen LogP contribution < -0.4 is 0 Å². The Bertz CT molecular complexity index is 596. The van der Waals surface area contributed by atoms with E-state index in [-0.39, 0.29) is 17.5 Å². The number of hydrogen-bond donors (Lipinski definition) is 0. The first-order valence-corrected chi connectivity index (χ1v) is 7.94. The zero-order valence-corrected chi connectivity index (χ0v) is 13.4. The third-order valence-electron chi connectivity index (χ3n) is 5.51. The molecule has 0 aromatic carbocycles. The number of carbonyl (C=O) groups excluding carboxylic acids is 1. The minimum absolute atomic E-state index is 0.106. The summed E-state index contributed by atoms with van der Waals surface area (Å²) in [4.78, 5) is 12.0. The van der Waals surface area contributed by atoms with Gasteiger partial charge >= 0.3 is 5.97 Å².